The van der Waals surface area contributed by atoms with Gasteiger partial charge in [0.15, 0.2) is 6.10 Å². The van der Waals surface area contributed by atoms with Gasteiger partial charge >= 0.3 is 0 Å². The molecule has 1 N–H and O–H groups in total. The van der Waals surface area contributed by atoms with E-state index in [1.54, 1.807) is 31.2 Å². The van der Waals surface area contributed by atoms with Gasteiger partial charge in [0.25, 0.3) is 5.91 Å². The van der Waals surface area contributed by atoms with E-state index in [0.29, 0.717) is 22.9 Å². The number of amides is 1. The summed E-state index contributed by atoms with van der Waals surface area (Å²) in [5.74, 6) is 0.329. The van der Waals surface area contributed by atoms with E-state index in [0.717, 1.165) is 5.56 Å². The van der Waals surface area contributed by atoms with E-state index in [4.69, 9.17) is 21.6 Å². The summed E-state index contributed by atoms with van der Waals surface area (Å²) in [4.78, 5) is 14.4. The van der Waals surface area contributed by atoms with Crippen LogP contribution < -0.4 is 10.1 Å². The molecule has 0 aliphatic rings. The second kappa shape index (κ2) is 9.23. The zero-order chi connectivity index (χ0) is 19.1. The summed E-state index contributed by atoms with van der Waals surface area (Å²) in [5, 5.41) is 12.4. The molecule has 0 saturated heterocycles. The molecule has 2 atom stereocenters. The predicted molar refractivity (Wildman–Crippen MR) is 102 cm³/mol. The van der Waals surface area contributed by atoms with E-state index in [-0.39, 0.29) is 11.9 Å². The summed E-state index contributed by atoms with van der Waals surface area (Å²) in [7, 11) is 3.88. The number of hydrogen-bond acceptors (Lipinski definition) is 4. The molecule has 136 valence electrons. The second-order valence-corrected chi connectivity index (χ2v) is 6.55. The van der Waals surface area contributed by atoms with Gasteiger partial charge in [-0.05, 0) is 56.9 Å². The maximum absolute atomic E-state index is 12.4. The highest BCUT2D eigenvalue weighted by Gasteiger charge is 2.20. The normalized spacial score (nSPS) is 12.9. The molecule has 0 unspecified atom stereocenters. The first kappa shape index (κ1) is 19.8. The van der Waals surface area contributed by atoms with E-state index < -0.39 is 6.10 Å². The fourth-order valence-electron chi connectivity index (χ4n) is 2.52. The van der Waals surface area contributed by atoms with Gasteiger partial charge in [0, 0.05) is 11.6 Å². The van der Waals surface area contributed by atoms with Gasteiger partial charge in [-0.3, -0.25) is 4.79 Å². The van der Waals surface area contributed by atoms with E-state index in [9.17, 15) is 4.79 Å². The first-order valence-corrected chi connectivity index (χ1v) is 8.65. The minimum Gasteiger partial charge on any atom is -0.481 e. The van der Waals surface area contributed by atoms with Crippen molar-refractivity contribution in [1.82, 2.24) is 10.2 Å². The predicted octanol–water partition coefficient (Wildman–Crippen LogP) is 3.40. The fraction of sp³-hybridized carbons (Fsp3) is 0.300. The van der Waals surface area contributed by atoms with Crippen molar-refractivity contribution in [3.63, 3.8) is 0 Å². The number of nitriles is 1. The third-order valence-electron chi connectivity index (χ3n) is 4.02. The maximum Gasteiger partial charge on any atom is 0.260 e. The molecule has 0 heterocycles. The van der Waals surface area contributed by atoms with Crippen LogP contribution in [0.25, 0.3) is 0 Å². The summed E-state index contributed by atoms with van der Waals surface area (Å²) in [5.41, 5.74) is 1.50. The zero-order valence-corrected chi connectivity index (χ0v) is 15.8. The van der Waals surface area contributed by atoms with Crippen LogP contribution in [-0.4, -0.2) is 37.6 Å². The molecule has 0 fully saturated rings. The van der Waals surface area contributed by atoms with Gasteiger partial charge in [0.1, 0.15) is 5.75 Å². The van der Waals surface area contributed by atoms with Crippen molar-refractivity contribution in [2.45, 2.75) is 19.1 Å². The lowest BCUT2D eigenvalue weighted by molar-refractivity contribution is -0.127. The Morgan fingerprint density at radius 2 is 1.88 bits per heavy atom. The summed E-state index contributed by atoms with van der Waals surface area (Å²) >= 11 is 6.29. The topological polar surface area (TPSA) is 65.4 Å². The Hall–Kier alpha value is -2.55. The summed E-state index contributed by atoms with van der Waals surface area (Å²) in [6, 6.07) is 16.3. The molecule has 0 spiro atoms. The zero-order valence-electron chi connectivity index (χ0n) is 15.1. The minimum atomic E-state index is -0.656. The summed E-state index contributed by atoms with van der Waals surface area (Å²) < 4.78 is 5.64. The van der Waals surface area contributed by atoms with Crippen molar-refractivity contribution in [1.29, 1.82) is 5.26 Å². The lowest BCUT2D eigenvalue weighted by Crippen LogP contribution is -2.41. The van der Waals surface area contributed by atoms with Crippen molar-refractivity contribution in [2.24, 2.45) is 0 Å². The Morgan fingerprint density at radius 3 is 2.46 bits per heavy atom. The SMILES string of the molecule is C[C@H](Oc1ccc(C#N)cc1)C(=O)NC[C@H](c1ccccc1Cl)N(C)C. The van der Waals surface area contributed by atoms with E-state index in [1.807, 2.05) is 49.3 Å². The van der Waals surface area contributed by atoms with Crippen molar-refractivity contribution in [2.75, 3.05) is 20.6 Å². The molecule has 6 heteroatoms. The highest BCUT2D eigenvalue weighted by atomic mass is 35.5. The van der Waals surface area contributed by atoms with E-state index in [2.05, 4.69) is 5.32 Å². The largest absolute Gasteiger partial charge is 0.481 e. The third-order valence-corrected chi connectivity index (χ3v) is 4.37. The average molecular weight is 372 g/mol. The van der Waals surface area contributed by atoms with E-state index >= 15 is 0 Å². The fourth-order valence-corrected chi connectivity index (χ4v) is 2.78. The molecule has 0 aliphatic heterocycles. The summed E-state index contributed by atoms with van der Waals surface area (Å²) in [6.07, 6.45) is -0.656. The quantitative estimate of drug-likeness (QED) is 0.810. The molecule has 0 radical (unpaired) electrons. The Balaban J connectivity index is 1.96. The molecule has 5 nitrogen and oxygen atoms in total. The summed E-state index contributed by atoms with van der Waals surface area (Å²) in [6.45, 7) is 2.10. The Morgan fingerprint density at radius 1 is 1.23 bits per heavy atom. The molecular formula is C20H22ClN3O2. The molecule has 1 amide bonds. The van der Waals surface area contributed by atoms with Gasteiger partial charge in [-0.15, -0.1) is 0 Å². The molecule has 0 aromatic heterocycles. The average Bonchev–Trinajstić information content (AvgIpc) is 2.63. The number of carbonyl (C=O) groups is 1. The number of rotatable bonds is 7. The van der Waals surface area contributed by atoms with E-state index in [1.165, 1.54) is 0 Å². The van der Waals surface area contributed by atoms with Crippen LogP contribution in [0, 0.1) is 11.3 Å². The number of nitrogens with one attached hydrogen (secondary N) is 1. The number of ether oxygens (including phenoxy) is 1. The monoisotopic (exact) mass is 371 g/mol. The standard InChI is InChI=1S/C20H22ClN3O2/c1-14(26-16-10-8-15(12-22)9-11-16)20(25)23-13-19(24(2)3)17-6-4-5-7-18(17)21/h4-11,14,19H,13H2,1-3H3,(H,23,25)/t14-,19+/m0/s1. The number of carbonyl (C=O) groups excluding carboxylic acids is 1. The Labute approximate surface area is 159 Å². The van der Waals surface area contributed by atoms with Gasteiger partial charge < -0.3 is 15.0 Å². The molecule has 2 aromatic carbocycles. The number of nitrogens with zero attached hydrogens (tertiary/aromatic N) is 2. The van der Waals surface area contributed by atoms with Crippen molar-refractivity contribution in [3.05, 3.63) is 64.7 Å². The van der Waals surface area contributed by atoms with Gasteiger partial charge in [-0.1, -0.05) is 29.8 Å². The van der Waals surface area contributed by atoms with Crippen LogP contribution in [0.2, 0.25) is 5.02 Å². The number of hydrogen-bond donors (Lipinski definition) is 1. The van der Waals surface area contributed by atoms with Crippen molar-refractivity contribution >= 4 is 17.5 Å². The molecule has 2 aromatic rings. The van der Waals surface area contributed by atoms with Crippen molar-refractivity contribution < 1.29 is 9.53 Å². The van der Waals surface area contributed by atoms with Crippen LogP contribution in [0.15, 0.2) is 48.5 Å². The van der Waals surface area contributed by atoms with Gasteiger partial charge in [-0.2, -0.15) is 5.26 Å². The highest BCUT2D eigenvalue weighted by molar-refractivity contribution is 6.31. The number of likely N-dealkylation sites (N-methyl/N-ethyl adjacent to an activating group) is 1. The van der Waals surface area contributed by atoms with Crippen LogP contribution in [0.5, 0.6) is 5.75 Å². The third kappa shape index (κ3) is 5.22. The van der Waals surface area contributed by atoms with Crippen LogP contribution >= 0.6 is 11.6 Å². The Kier molecular flexibility index (Phi) is 7.02. The molecule has 0 saturated carbocycles. The molecule has 0 aliphatic carbocycles. The van der Waals surface area contributed by atoms with Gasteiger partial charge in [-0.25, -0.2) is 0 Å². The first-order chi connectivity index (χ1) is 12.4. The van der Waals surface area contributed by atoms with Crippen molar-refractivity contribution in [3.8, 4) is 11.8 Å². The van der Waals surface area contributed by atoms with Crippen LogP contribution in [0.3, 0.4) is 0 Å². The van der Waals surface area contributed by atoms with Crippen LogP contribution in [0.4, 0.5) is 0 Å². The van der Waals surface area contributed by atoms with Crippen LogP contribution in [-0.2, 0) is 4.79 Å². The molecule has 2 rings (SSSR count). The number of halogens is 1. The first-order valence-electron chi connectivity index (χ1n) is 8.27. The molecule has 0 bridgehead atoms. The maximum atomic E-state index is 12.4. The minimum absolute atomic E-state index is 0.0465. The van der Waals surface area contributed by atoms with Gasteiger partial charge in [0.05, 0.1) is 17.7 Å². The second-order valence-electron chi connectivity index (χ2n) is 6.14. The Bertz CT molecular complexity index is 784. The number of benzene rings is 2. The molecular weight excluding hydrogens is 350 g/mol. The van der Waals surface area contributed by atoms with Gasteiger partial charge in [0.2, 0.25) is 0 Å². The highest BCUT2D eigenvalue weighted by Crippen LogP contribution is 2.25. The van der Waals surface area contributed by atoms with Crippen LogP contribution in [0.1, 0.15) is 24.1 Å². The lowest BCUT2D eigenvalue weighted by atomic mass is 10.1. The lowest BCUT2D eigenvalue weighted by Gasteiger charge is -2.26. The molecule has 26 heavy (non-hydrogen) atoms. The smallest absolute Gasteiger partial charge is 0.260 e.